The highest BCUT2D eigenvalue weighted by molar-refractivity contribution is 6.35. The molecule has 158 valence electrons. The summed E-state index contributed by atoms with van der Waals surface area (Å²) >= 11 is 12.0. The van der Waals surface area contributed by atoms with E-state index in [-0.39, 0.29) is 11.8 Å². The summed E-state index contributed by atoms with van der Waals surface area (Å²) in [5.41, 5.74) is 3.58. The van der Waals surface area contributed by atoms with Crippen LogP contribution in [0.5, 0.6) is 0 Å². The van der Waals surface area contributed by atoms with Crippen molar-refractivity contribution in [3.63, 3.8) is 0 Å². The smallest absolute Gasteiger partial charge is 0.255 e. The number of hydrogen-bond acceptors (Lipinski definition) is 3. The van der Waals surface area contributed by atoms with Crippen LogP contribution in [-0.2, 0) is 0 Å². The van der Waals surface area contributed by atoms with E-state index in [0.29, 0.717) is 53.0 Å². The molecule has 0 spiro atoms. The van der Waals surface area contributed by atoms with Gasteiger partial charge in [-0.25, -0.2) is 0 Å². The van der Waals surface area contributed by atoms with Crippen LogP contribution in [0.15, 0.2) is 60.7 Å². The molecule has 0 atom stereocenters. The van der Waals surface area contributed by atoms with Crippen LogP contribution >= 0.6 is 23.2 Å². The standard InChI is InChI=1S/C24H21Cl2N3O2/c1-16-21(7-8-22(27-16)17-5-3-2-4-6-17)24(31)29-11-9-28(10-12-29)23(30)18-13-19(25)15-20(26)14-18/h2-8,13-15H,9-12H2,1H3. The molecule has 5 nitrogen and oxygen atoms in total. The molecule has 1 aliphatic heterocycles. The largest absolute Gasteiger partial charge is 0.335 e. The van der Waals surface area contributed by atoms with E-state index in [1.165, 1.54) is 0 Å². The first-order valence-electron chi connectivity index (χ1n) is 10.00. The molecule has 7 heteroatoms. The second-order valence-corrected chi connectivity index (χ2v) is 8.31. The number of nitrogens with zero attached hydrogens (tertiary/aromatic N) is 3. The topological polar surface area (TPSA) is 53.5 Å². The van der Waals surface area contributed by atoms with E-state index in [0.717, 1.165) is 11.3 Å². The van der Waals surface area contributed by atoms with Crippen LogP contribution in [0, 0.1) is 6.92 Å². The molecule has 1 aromatic heterocycles. The summed E-state index contributed by atoms with van der Waals surface area (Å²) in [6.07, 6.45) is 0. The monoisotopic (exact) mass is 453 g/mol. The van der Waals surface area contributed by atoms with Crippen molar-refractivity contribution in [2.45, 2.75) is 6.92 Å². The van der Waals surface area contributed by atoms with Crippen molar-refractivity contribution in [2.75, 3.05) is 26.2 Å². The summed E-state index contributed by atoms with van der Waals surface area (Å²) in [5, 5.41) is 0.846. The number of amides is 2. The van der Waals surface area contributed by atoms with Gasteiger partial charge in [-0.05, 0) is 37.3 Å². The first-order chi connectivity index (χ1) is 14.9. The molecule has 1 fully saturated rings. The third-order valence-corrected chi connectivity index (χ3v) is 5.79. The van der Waals surface area contributed by atoms with Crippen molar-refractivity contribution in [1.29, 1.82) is 0 Å². The molecule has 31 heavy (non-hydrogen) atoms. The average Bonchev–Trinajstić information content (AvgIpc) is 2.78. The summed E-state index contributed by atoms with van der Waals surface area (Å²) in [7, 11) is 0. The predicted octanol–water partition coefficient (Wildman–Crippen LogP) is 4.96. The normalized spacial score (nSPS) is 13.9. The molecule has 2 amide bonds. The van der Waals surface area contributed by atoms with Gasteiger partial charge in [-0.3, -0.25) is 14.6 Å². The lowest BCUT2D eigenvalue weighted by molar-refractivity contribution is 0.0535. The fourth-order valence-corrected chi connectivity index (χ4v) is 4.23. The first-order valence-corrected chi connectivity index (χ1v) is 10.8. The van der Waals surface area contributed by atoms with E-state index >= 15 is 0 Å². The summed E-state index contributed by atoms with van der Waals surface area (Å²) in [5.74, 6) is -0.205. The Morgan fingerprint density at radius 2 is 1.39 bits per heavy atom. The zero-order chi connectivity index (χ0) is 22.0. The van der Waals surface area contributed by atoms with Crippen LogP contribution < -0.4 is 0 Å². The lowest BCUT2D eigenvalue weighted by Gasteiger charge is -2.35. The molecule has 4 rings (SSSR count). The van der Waals surface area contributed by atoms with Gasteiger partial charge >= 0.3 is 0 Å². The highest BCUT2D eigenvalue weighted by Crippen LogP contribution is 2.22. The molecule has 0 aliphatic carbocycles. The number of aromatic nitrogens is 1. The molecule has 1 aliphatic rings. The molecule has 0 bridgehead atoms. The Kier molecular flexibility index (Phi) is 6.25. The molecule has 0 saturated carbocycles. The summed E-state index contributed by atoms with van der Waals surface area (Å²) < 4.78 is 0. The van der Waals surface area contributed by atoms with E-state index in [9.17, 15) is 9.59 Å². The molecule has 0 N–H and O–H groups in total. The van der Waals surface area contributed by atoms with Gasteiger partial charge < -0.3 is 9.80 Å². The van der Waals surface area contributed by atoms with Crippen molar-refractivity contribution in [3.8, 4) is 11.3 Å². The maximum absolute atomic E-state index is 13.1. The minimum Gasteiger partial charge on any atom is -0.335 e. The third kappa shape index (κ3) is 4.73. The molecule has 0 unspecified atom stereocenters. The number of carbonyl (C=O) groups is 2. The van der Waals surface area contributed by atoms with Gasteiger partial charge in [-0.1, -0.05) is 53.5 Å². The molecular formula is C24H21Cl2N3O2. The fraction of sp³-hybridized carbons (Fsp3) is 0.208. The Morgan fingerprint density at radius 3 is 1.97 bits per heavy atom. The summed E-state index contributed by atoms with van der Waals surface area (Å²) in [6, 6.07) is 18.4. The van der Waals surface area contributed by atoms with Gasteiger partial charge in [0.15, 0.2) is 0 Å². The van der Waals surface area contributed by atoms with Crippen molar-refractivity contribution in [1.82, 2.24) is 14.8 Å². The Balaban J connectivity index is 1.43. The Hall–Kier alpha value is -2.89. The number of rotatable bonds is 3. The Labute approximate surface area is 191 Å². The average molecular weight is 454 g/mol. The Morgan fingerprint density at radius 1 is 0.806 bits per heavy atom. The first kappa shape index (κ1) is 21.3. The third-order valence-electron chi connectivity index (χ3n) is 5.35. The van der Waals surface area contributed by atoms with Gasteiger partial charge in [0.1, 0.15) is 0 Å². The Bertz CT molecular complexity index is 1110. The van der Waals surface area contributed by atoms with E-state index in [1.54, 1.807) is 28.0 Å². The van der Waals surface area contributed by atoms with Crippen LogP contribution in [0.4, 0.5) is 0 Å². The number of pyridine rings is 1. The number of halogens is 2. The highest BCUT2D eigenvalue weighted by Gasteiger charge is 2.27. The van der Waals surface area contributed by atoms with Gasteiger partial charge in [0, 0.05) is 47.4 Å². The van der Waals surface area contributed by atoms with Crippen molar-refractivity contribution >= 4 is 35.0 Å². The van der Waals surface area contributed by atoms with E-state index in [1.807, 2.05) is 49.4 Å². The molecular weight excluding hydrogens is 433 g/mol. The minimum atomic E-state index is -0.137. The van der Waals surface area contributed by atoms with E-state index in [2.05, 4.69) is 4.98 Å². The lowest BCUT2D eigenvalue weighted by Crippen LogP contribution is -2.50. The summed E-state index contributed by atoms with van der Waals surface area (Å²) in [6.45, 7) is 3.66. The van der Waals surface area contributed by atoms with Gasteiger partial charge in [-0.15, -0.1) is 0 Å². The molecule has 2 aromatic carbocycles. The lowest BCUT2D eigenvalue weighted by atomic mass is 10.1. The van der Waals surface area contributed by atoms with Crippen molar-refractivity contribution < 1.29 is 9.59 Å². The number of carbonyl (C=O) groups excluding carboxylic acids is 2. The van der Waals surface area contributed by atoms with E-state index < -0.39 is 0 Å². The van der Waals surface area contributed by atoms with Crippen LogP contribution in [-0.4, -0.2) is 52.8 Å². The molecule has 2 heterocycles. The zero-order valence-electron chi connectivity index (χ0n) is 17.0. The van der Waals surface area contributed by atoms with Crippen molar-refractivity contribution in [2.24, 2.45) is 0 Å². The van der Waals surface area contributed by atoms with Crippen LogP contribution in [0.1, 0.15) is 26.4 Å². The van der Waals surface area contributed by atoms with Crippen LogP contribution in [0.25, 0.3) is 11.3 Å². The summed E-state index contributed by atoms with van der Waals surface area (Å²) in [4.78, 5) is 33.9. The minimum absolute atomic E-state index is 0.0671. The highest BCUT2D eigenvalue weighted by atomic mass is 35.5. The number of aryl methyl sites for hydroxylation is 1. The maximum Gasteiger partial charge on any atom is 0.255 e. The van der Waals surface area contributed by atoms with Gasteiger partial charge in [0.05, 0.1) is 17.0 Å². The van der Waals surface area contributed by atoms with Crippen LogP contribution in [0.2, 0.25) is 10.0 Å². The number of hydrogen-bond donors (Lipinski definition) is 0. The van der Waals surface area contributed by atoms with Crippen molar-refractivity contribution in [3.05, 3.63) is 87.5 Å². The molecule has 1 saturated heterocycles. The molecule has 0 radical (unpaired) electrons. The SMILES string of the molecule is Cc1nc(-c2ccccc2)ccc1C(=O)N1CCN(C(=O)c2cc(Cl)cc(Cl)c2)CC1. The van der Waals surface area contributed by atoms with Crippen LogP contribution in [0.3, 0.4) is 0 Å². The predicted molar refractivity (Wildman–Crippen MR) is 123 cm³/mol. The number of benzene rings is 2. The second kappa shape index (κ2) is 9.08. The quantitative estimate of drug-likeness (QED) is 0.562. The molecule has 3 aromatic rings. The van der Waals surface area contributed by atoms with Gasteiger partial charge in [0.2, 0.25) is 0 Å². The number of piperazine rings is 1. The zero-order valence-corrected chi connectivity index (χ0v) is 18.5. The second-order valence-electron chi connectivity index (χ2n) is 7.44. The van der Waals surface area contributed by atoms with Gasteiger partial charge in [0.25, 0.3) is 11.8 Å². The fourth-order valence-electron chi connectivity index (χ4n) is 3.70. The van der Waals surface area contributed by atoms with Gasteiger partial charge in [-0.2, -0.15) is 0 Å². The van der Waals surface area contributed by atoms with E-state index in [4.69, 9.17) is 23.2 Å². The maximum atomic E-state index is 13.1.